The Kier molecular flexibility index (Phi) is 8.00. The first-order valence-electron chi connectivity index (χ1n) is 12.4. The van der Waals surface area contributed by atoms with Gasteiger partial charge in [0.2, 0.25) is 5.78 Å². The molecule has 0 radical (unpaired) electrons. The fourth-order valence-corrected chi connectivity index (χ4v) is 5.75. The Morgan fingerprint density at radius 1 is 1.15 bits per heavy atom. The van der Waals surface area contributed by atoms with Crippen molar-refractivity contribution in [1.29, 1.82) is 0 Å². The van der Waals surface area contributed by atoms with Crippen molar-refractivity contribution in [3.63, 3.8) is 0 Å². The number of hydrogen-bond donors (Lipinski definition) is 6. The van der Waals surface area contributed by atoms with Crippen LogP contribution in [0.4, 0.5) is 0 Å². The van der Waals surface area contributed by atoms with Crippen LogP contribution in [0.2, 0.25) is 0 Å². The summed E-state index contributed by atoms with van der Waals surface area (Å²) in [5.74, 6) is -3.77. The molecule has 1 heterocycles. The van der Waals surface area contributed by atoms with Gasteiger partial charge in [0.25, 0.3) is 0 Å². The van der Waals surface area contributed by atoms with Gasteiger partial charge in [0.05, 0.1) is 42.1 Å². The first-order chi connectivity index (χ1) is 18.4. The third-order valence-electron chi connectivity index (χ3n) is 7.81. The van der Waals surface area contributed by atoms with Crippen molar-refractivity contribution in [3.05, 3.63) is 51.6 Å². The second-order valence-corrected chi connectivity index (χ2v) is 10.2. The summed E-state index contributed by atoms with van der Waals surface area (Å²) in [5.41, 5.74) is 2.37. The molecule has 2 aromatic rings. The zero-order chi connectivity index (χ0) is 28.4. The first kappa shape index (κ1) is 29.9. The number of nitrogens with two attached hydrogens (primary N) is 1. The maximum Gasteiger partial charge on any atom is 0.202 e. The molecule has 1 fully saturated rings. The average molecular weight is 580 g/mol. The molecule has 0 amide bonds. The van der Waals surface area contributed by atoms with Crippen LogP contribution in [-0.2, 0) is 20.7 Å². The zero-order valence-electron chi connectivity index (χ0n) is 21.6. The van der Waals surface area contributed by atoms with E-state index >= 15 is 0 Å². The van der Waals surface area contributed by atoms with Crippen LogP contribution < -0.4 is 10.5 Å². The maximum absolute atomic E-state index is 13.6. The molecule has 0 aromatic heterocycles. The van der Waals surface area contributed by atoms with Gasteiger partial charge < -0.3 is 45.5 Å². The van der Waals surface area contributed by atoms with Crippen LogP contribution in [0.3, 0.4) is 0 Å². The lowest BCUT2D eigenvalue weighted by Gasteiger charge is -2.42. The lowest BCUT2D eigenvalue weighted by atomic mass is 9.72. The highest BCUT2D eigenvalue weighted by molar-refractivity contribution is 6.31. The Labute approximate surface area is 234 Å². The SMILES string of the molecule is COc1cccc2c1C(=O)c1c(O)c3c(c(O)c1C2=O)C[C@@](O)(C(=O)CO)C[C@@H]3O[C@@H]1CC(N)C(O)[C@H](C)O1.Cl. The van der Waals surface area contributed by atoms with E-state index in [2.05, 4.69) is 0 Å². The minimum atomic E-state index is -2.24. The van der Waals surface area contributed by atoms with Gasteiger partial charge in [-0.1, -0.05) is 12.1 Å². The molecule has 3 aliphatic rings. The van der Waals surface area contributed by atoms with Crippen molar-refractivity contribution >= 4 is 29.8 Å². The molecule has 1 saturated heterocycles. The van der Waals surface area contributed by atoms with E-state index in [1.165, 1.54) is 25.3 Å². The van der Waals surface area contributed by atoms with Crippen molar-refractivity contribution in [2.24, 2.45) is 5.73 Å². The van der Waals surface area contributed by atoms with E-state index in [-0.39, 0.29) is 46.8 Å². The Morgan fingerprint density at radius 3 is 2.45 bits per heavy atom. The molecule has 13 heteroatoms. The maximum atomic E-state index is 13.6. The number of hydrogen-bond acceptors (Lipinski definition) is 12. The number of phenolic OH excluding ortho intramolecular Hbond substituents is 2. The number of halogens is 1. The van der Waals surface area contributed by atoms with Gasteiger partial charge in [-0.2, -0.15) is 0 Å². The van der Waals surface area contributed by atoms with E-state index in [1.54, 1.807) is 6.92 Å². The molecular weight excluding hydrogens is 550 g/mol. The quantitative estimate of drug-likeness (QED) is 0.227. The third kappa shape index (κ3) is 4.45. The number of ketones is 3. The number of rotatable bonds is 5. The second kappa shape index (κ2) is 10.7. The molecule has 6 atom stereocenters. The van der Waals surface area contributed by atoms with Crippen molar-refractivity contribution in [2.45, 2.75) is 62.4 Å². The number of aromatic hydroxyl groups is 2. The molecule has 5 rings (SSSR count). The Hall–Kier alpha value is -3.10. The highest BCUT2D eigenvalue weighted by Crippen LogP contribution is 2.52. The molecular formula is C27H30ClNO11. The normalized spacial score (nSPS) is 29.1. The van der Waals surface area contributed by atoms with Crippen molar-refractivity contribution in [1.82, 2.24) is 0 Å². The van der Waals surface area contributed by atoms with Crippen LogP contribution in [0.1, 0.15) is 68.8 Å². The largest absolute Gasteiger partial charge is 0.507 e. The number of phenols is 2. The molecule has 0 bridgehead atoms. The Morgan fingerprint density at radius 2 is 1.82 bits per heavy atom. The third-order valence-corrected chi connectivity index (χ3v) is 7.81. The number of Topliss-reactive ketones (excluding diaryl/α,β-unsaturated/α-hetero) is 1. The highest BCUT2D eigenvalue weighted by Gasteiger charge is 2.50. The lowest BCUT2D eigenvalue weighted by molar-refractivity contribution is -0.247. The molecule has 0 spiro atoms. The predicted molar refractivity (Wildman–Crippen MR) is 139 cm³/mol. The number of aliphatic hydroxyl groups is 3. The summed E-state index contributed by atoms with van der Waals surface area (Å²) in [4.78, 5) is 39.7. The summed E-state index contributed by atoms with van der Waals surface area (Å²) in [6.45, 7) is 0.560. The summed E-state index contributed by atoms with van der Waals surface area (Å²) in [7, 11) is 1.32. The van der Waals surface area contributed by atoms with Crippen LogP contribution in [-0.4, -0.2) is 86.7 Å². The fraction of sp³-hybridized carbons (Fsp3) is 0.444. The standard InChI is InChI=1S/C27H29NO11.ClH/c1-10-22(31)13(28)6-17(38-10)39-15-8-27(36,16(30)9-29)7-12-19(15)26(35)21-20(24(12)33)23(32)11-4-3-5-14(37-2)18(11)25(21)34;/h3-5,10,13,15,17,22,29,31,33,35-36H,6-9,28H2,1-2H3;1H/t10-,13?,15-,17+,22?,27-;/m0./s1. The number of fused-ring (bicyclic) bond motifs is 3. The van der Waals surface area contributed by atoms with Crippen LogP contribution in [0.25, 0.3) is 0 Å². The molecule has 12 nitrogen and oxygen atoms in total. The lowest BCUT2D eigenvalue weighted by Crippen LogP contribution is -2.53. The van der Waals surface area contributed by atoms with Gasteiger partial charge in [-0.05, 0) is 13.0 Å². The van der Waals surface area contributed by atoms with Crippen molar-refractivity contribution < 1.29 is 54.1 Å². The number of ether oxygens (including phenoxy) is 3. The summed E-state index contributed by atoms with van der Waals surface area (Å²) in [6, 6.07) is 3.64. The number of methoxy groups -OCH3 is 1. The van der Waals surface area contributed by atoms with E-state index in [9.17, 15) is 39.9 Å². The van der Waals surface area contributed by atoms with Gasteiger partial charge in [-0.15, -0.1) is 12.4 Å². The van der Waals surface area contributed by atoms with E-state index in [1.807, 2.05) is 0 Å². The van der Waals surface area contributed by atoms with Crippen LogP contribution in [0, 0.1) is 0 Å². The molecule has 1 aliphatic heterocycles. The van der Waals surface area contributed by atoms with E-state index in [0.29, 0.717) is 0 Å². The molecule has 216 valence electrons. The monoisotopic (exact) mass is 579 g/mol. The molecule has 2 aliphatic carbocycles. The van der Waals surface area contributed by atoms with E-state index in [0.717, 1.165) is 0 Å². The first-order valence-corrected chi connectivity index (χ1v) is 12.4. The molecule has 40 heavy (non-hydrogen) atoms. The predicted octanol–water partition coefficient (Wildman–Crippen LogP) is 0.423. The molecule has 7 N–H and O–H groups in total. The smallest absolute Gasteiger partial charge is 0.202 e. The molecule has 2 unspecified atom stereocenters. The molecule has 2 aromatic carbocycles. The van der Waals surface area contributed by atoms with Gasteiger partial charge in [-0.3, -0.25) is 14.4 Å². The summed E-state index contributed by atoms with van der Waals surface area (Å²) >= 11 is 0. The minimum Gasteiger partial charge on any atom is -0.507 e. The number of carbonyl (C=O) groups is 3. The van der Waals surface area contributed by atoms with Crippen molar-refractivity contribution in [3.8, 4) is 17.2 Å². The average Bonchev–Trinajstić information content (AvgIpc) is 2.90. The topological polar surface area (TPSA) is 206 Å². The number of carbonyl (C=O) groups excluding carboxylic acids is 3. The summed E-state index contributed by atoms with van der Waals surface area (Å²) in [6.07, 6.45) is -5.12. The highest BCUT2D eigenvalue weighted by atomic mass is 35.5. The number of aliphatic hydroxyl groups excluding tert-OH is 2. The molecule has 0 saturated carbocycles. The van der Waals surface area contributed by atoms with Gasteiger partial charge in [-0.25, -0.2) is 0 Å². The summed E-state index contributed by atoms with van der Waals surface area (Å²) in [5, 5.41) is 53.7. The Balaban J connectivity index is 0.00000370. The zero-order valence-corrected chi connectivity index (χ0v) is 22.4. The summed E-state index contributed by atoms with van der Waals surface area (Å²) < 4.78 is 17.0. The Bertz CT molecular complexity index is 1380. The van der Waals surface area contributed by atoms with Crippen molar-refractivity contribution in [2.75, 3.05) is 13.7 Å². The van der Waals surface area contributed by atoms with Crippen LogP contribution >= 0.6 is 12.4 Å². The van der Waals surface area contributed by atoms with E-state index in [4.69, 9.17) is 19.9 Å². The fourth-order valence-electron chi connectivity index (χ4n) is 5.75. The van der Waals surface area contributed by atoms with Gasteiger partial charge in [0, 0.05) is 42.0 Å². The second-order valence-electron chi connectivity index (χ2n) is 10.2. The number of benzene rings is 2. The van der Waals surface area contributed by atoms with Gasteiger partial charge in [0.1, 0.15) is 29.5 Å². The van der Waals surface area contributed by atoms with Crippen LogP contribution in [0.5, 0.6) is 17.2 Å². The van der Waals surface area contributed by atoms with Crippen LogP contribution in [0.15, 0.2) is 18.2 Å². The van der Waals surface area contributed by atoms with Gasteiger partial charge >= 0.3 is 0 Å². The minimum absolute atomic E-state index is 0. The van der Waals surface area contributed by atoms with Gasteiger partial charge in [0.15, 0.2) is 17.9 Å². The van der Waals surface area contributed by atoms with E-state index < -0.39 is 95.7 Å².